The van der Waals surface area contributed by atoms with Gasteiger partial charge in [-0.1, -0.05) is 32.4 Å². The lowest BCUT2D eigenvalue weighted by atomic mass is 9.96. The number of hydrogen-bond acceptors (Lipinski definition) is 3. The summed E-state index contributed by atoms with van der Waals surface area (Å²) in [5.41, 5.74) is -0.450. The van der Waals surface area contributed by atoms with Crippen LogP contribution in [0.1, 0.15) is 27.2 Å². The zero-order valence-corrected chi connectivity index (χ0v) is 12.0. The lowest BCUT2D eigenvalue weighted by molar-refractivity contribution is -0.128. The first-order chi connectivity index (χ1) is 8.79. The predicted octanol–water partition coefficient (Wildman–Crippen LogP) is 2.23. The van der Waals surface area contributed by atoms with Crippen LogP contribution in [-0.4, -0.2) is 23.3 Å². The van der Waals surface area contributed by atoms with Gasteiger partial charge in [0, 0.05) is 24.6 Å². The molecule has 0 saturated heterocycles. The van der Waals surface area contributed by atoms with E-state index in [9.17, 15) is 9.59 Å². The van der Waals surface area contributed by atoms with E-state index < -0.39 is 5.41 Å². The van der Waals surface area contributed by atoms with E-state index in [1.54, 1.807) is 12.1 Å². The van der Waals surface area contributed by atoms with Crippen LogP contribution in [0.4, 0.5) is 5.82 Å². The maximum atomic E-state index is 11.6. The van der Waals surface area contributed by atoms with Gasteiger partial charge in [-0.05, 0) is 12.1 Å². The van der Waals surface area contributed by atoms with Gasteiger partial charge in [-0.25, -0.2) is 4.98 Å². The summed E-state index contributed by atoms with van der Waals surface area (Å²) in [7, 11) is 0. The molecule has 0 aliphatic carbocycles. The summed E-state index contributed by atoms with van der Waals surface area (Å²) < 4.78 is 0. The molecule has 19 heavy (non-hydrogen) atoms. The Hall–Kier alpha value is -1.62. The van der Waals surface area contributed by atoms with E-state index in [1.165, 1.54) is 6.20 Å². The van der Waals surface area contributed by atoms with Crippen molar-refractivity contribution in [2.24, 2.45) is 5.41 Å². The van der Waals surface area contributed by atoms with E-state index in [0.717, 1.165) is 0 Å². The molecule has 5 nitrogen and oxygen atoms in total. The highest BCUT2D eigenvalue weighted by atomic mass is 35.5. The Kier molecular flexibility index (Phi) is 5.30. The van der Waals surface area contributed by atoms with Crippen molar-refractivity contribution < 1.29 is 9.59 Å². The molecule has 0 aromatic carbocycles. The van der Waals surface area contributed by atoms with Gasteiger partial charge in [0.2, 0.25) is 11.8 Å². The maximum Gasteiger partial charge on any atom is 0.227 e. The molecule has 2 amide bonds. The number of aromatic nitrogens is 1. The van der Waals surface area contributed by atoms with Crippen LogP contribution in [0.3, 0.4) is 0 Å². The Morgan fingerprint density at radius 1 is 1.32 bits per heavy atom. The summed E-state index contributed by atoms with van der Waals surface area (Å²) in [6.07, 6.45) is 1.66. The van der Waals surface area contributed by atoms with Gasteiger partial charge < -0.3 is 10.6 Å². The maximum absolute atomic E-state index is 11.6. The number of nitrogens with zero attached hydrogens (tertiary/aromatic N) is 1. The van der Waals surface area contributed by atoms with Crippen molar-refractivity contribution in [3.63, 3.8) is 0 Å². The molecule has 1 heterocycles. The Balaban J connectivity index is 2.33. The van der Waals surface area contributed by atoms with Gasteiger partial charge in [0.25, 0.3) is 0 Å². The van der Waals surface area contributed by atoms with Crippen molar-refractivity contribution in [2.45, 2.75) is 27.2 Å². The van der Waals surface area contributed by atoms with E-state index in [2.05, 4.69) is 15.6 Å². The largest absolute Gasteiger partial charge is 0.355 e. The Labute approximate surface area is 117 Å². The summed E-state index contributed by atoms with van der Waals surface area (Å²) in [6.45, 7) is 5.76. The molecule has 0 spiro atoms. The number of anilines is 1. The van der Waals surface area contributed by atoms with Crippen molar-refractivity contribution in [3.05, 3.63) is 23.4 Å². The minimum absolute atomic E-state index is 0.0788. The Morgan fingerprint density at radius 3 is 2.53 bits per heavy atom. The van der Waals surface area contributed by atoms with Gasteiger partial charge in [-0.3, -0.25) is 9.59 Å². The molecule has 104 valence electrons. The van der Waals surface area contributed by atoms with Crippen LogP contribution in [-0.2, 0) is 9.59 Å². The summed E-state index contributed by atoms with van der Waals surface area (Å²) >= 11 is 5.69. The highest BCUT2D eigenvalue weighted by Crippen LogP contribution is 2.12. The van der Waals surface area contributed by atoms with Gasteiger partial charge in [0.15, 0.2) is 0 Å². The number of pyridine rings is 1. The van der Waals surface area contributed by atoms with E-state index in [-0.39, 0.29) is 18.2 Å². The smallest absolute Gasteiger partial charge is 0.227 e. The van der Waals surface area contributed by atoms with Crippen LogP contribution >= 0.6 is 11.6 Å². The van der Waals surface area contributed by atoms with E-state index in [1.807, 2.05) is 20.8 Å². The van der Waals surface area contributed by atoms with Crippen LogP contribution in [0.25, 0.3) is 0 Å². The van der Waals surface area contributed by atoms with Crippen molar-refractivity contribution in [3.8, 4) is 0 Å². The fourth-order valence-electron chi connectivity index (χ4n) is 1.21. The number of rotatable bonds is 4. The third-order valence-corrected chi connectivity index (χ3v) is 2.54. The van der Waals surface area contributed by atoms with Gasteiger partial charge >= 0.3 is 0 Å². The van der Waals surface area contributed by atoms with Crippen molar-refractivity contribution in [2.75, 3.05) is 11.9 Å². The van der Waals surface area contributed by atoms with E-state index in [4.69, 9.17) is 11.6 Å². The molecule has 0 saturated carbocycles. The summed E-state index contributed by atoms with van der Waals surface area (Å²) in [5.74, 6) is 0.158. The Bertz CT molecular complexity index is 452. The molecule has 0 aliphatic heterocycles. The SMILES string of the molecule is CC(C)(C)C(=O)NCCC(=O)Nc1ccc(Cl)cn1. The van der Waals surface area contributed by atoms with Crippen molar-refractivity contribution in [1.29, 1.82) is 0 Å². The van der Waals surface area contributed by atoms with Crippen LogP contribution < -0.4 is 10.6 Å². The second-order valence-corrected chi connectivity index (χ2v) is 5.60. The molecule has 1 aromatic heterocycles. The zero-order valence-electron chi connectivity index (χ0n) is 11.3. The lowest BCUT2D eigenvalue weighted by Crippen LogP contribution is -2.36. The highest BCUT2D eigenvalue weighted by molar-refractivity contribution is 6.30. The number of nitrogens with one attached hydrogen (secondary N) is 2. The fourth-order valence-corrected chi connectivity index (χ4v) is 1.32. The van der Waals surface area contributed by atoms with Gasteiger partial charge in [-0.15, -0.1) is 0 Å². The first-order valence-electron chi connectivity index (χ1n) is 5.99. The molecule has 0 aliphatic rings. The van der Waals surface area contributed by atoms with E-state index >= 15 is 0 Å². The zero-order chi connectivity index (χ0) is 14.5. The molecule has 0 atom stereocenters. The number of amides is 2. The molecule has 1 aromatic rings. The second-order valence-electron chi connectivity index (χ2n) is 5.17. The average molecular weight is 284 g/mol. The minimum atomic E-state index is -0.450. The second kappa shape index (κ2) is 6.52. The summed E-state index contributed by atoms with van der Waals surface area (Å²) in [5, 5.41) is 5.84. The Morgan fingerprint density at radius 2 is 2.00 bits per heavy atom. The van der Waals surface area contributed by atoms with Gasteiger partial charge in [0.05, 0.1) is 5.02 Å². The highest BCUT2D eigenvalue weighted by Gasteiger charge is 2.20. The van der Waals surface area contributed by atoms with Crippen LogP contribution in [0, 0.1) is 5.41 Å². The molecule has 0 unspecified atom stereocenters. The van der Waals surface area contributed by atoms with Crippen LogP contribution in [0.5, 0.6) is 0 Å². The third-order valence-electron chi connectivity index (χ3n) is 2.31. The number of hydrogen-bond donors (Lipinski definition) is 2. The first-order valence-corrected chi connectivity index (χ1v) is 6.36. The predicted molar refractivity (Wildman–Crippen MR) is 75.0 cm³/mol. The molecular formula is C13H18ClN3O2. The van der Waals surface area contributed by atoms with E-state index in [0.29, 0.717) is 17.4 Å². The summed E-state index contributed by atoms with van der Waals surface area (Å²) in [6, 6.07) is 3.26. The number of carbonyl (C=O) groups is 2. The molecule has 0 bridgehead atoms. The molecular weight excluding hydrogens is 266 g/mol. The number of halogens is 1. The molecule has 0 radical (unpaired) electrons. The lowest BCUT2D eigenvalue weighted by Gasteiger charge is -2.17. The summed E-state index contributed by atoms with van der Waals surface area (Å²) in [4.78, 5) is 27.1. The molecule has 1 rings (SSSR count). The normalized spacial score (nSPS) is 10.9. The molecule has 2 N–H and O–H groups in total. The first kappa shape index (κ1) is 15.4. The molecule has 0 fully saturated rings. The number of carbonyl (C=O) groups excluding carboxylic acids is 2. The van der Waals surface area contributed by atoms with Gasteiger partial charge in [0.1, 0.15) is 5.82 Å². The monoisotopic (exact) mass is 283 g/mol. The topological polar surface area (TPSA) is 71.1 Å². The third kappa shape index (κ3) is 5.70. The van der Waals surface area contributed by atoms with Gasteiger partial charge in [-0.2, -0.15) is 0 Å². The average Bonchev–Trinajstić information content (AvgIpc) is 2.31. The fraction of sp³-hybridized carbons (Fsp3) is 0.462. The van der Waals surface area contributed by atoms with Crippen molar-refractivity contribution in [1.82, 2.24) is 10.3 Å². The minimum Gasteiger partial charge on any atom is -0.355 e. The quantitative estimate of drug-likeness (QED) is 0.890. The van der Waals surface area contributed by atoms with Crippen LogP contribution in [0.2, 0.25) is 5.02 Å². The standard InChI is InChI=1S/C13H18ClN3O2/c1-13(2,3)12(19)15-7-6-11(18)17-10-5-4-9(14)8-16-10/h4-5,8H,6-7H2,1-3H3,(H,15,19)(H,16,17,18). The van der Waals surface area contributed by atoms with Crippen molar-refractivity contribution >= 4 is 29.2 Å². The van der Waals surface area contributed by atoms with Crippen LogP contribution in [0.15, 0.2) is 18.3 Å². The molecule has 6 heteroatoms.